The van der Waals surface area contributed by atoms with Crippen LogP contribution in [0.25, 0.3) is 0 Å². The van der Waals surface area contributed by atoms with Gasteiger partial charge in [0, 0.05) is 0 Å². The number of nitrogens with zero attached hydrogens (tertiary/aromatic N) is 1. The summed E-state index contributed by atoms with van der Waals surface area (Å²) < 4.78 is 33.0. The van der Waals surface area contributed by atoms with E-state index < -0.39 is 10.4 Å². The van der Waals surface area contributed by atoms with E-state index in [1.165, 1.54) is 0 Å². The summed E-state index contributed by atoms with van der Waals surface area (Å²) in [6.45, 7) is 0.530. The third-order valence-electron chi connectivity index (χ3n) is 0.994. The quantitative estimate of drug-likeness (QED) is 0.360. The molecular weight excluding hydrogens is 193 g/mol. The van der Waals surface area contributed by atoms with Gasteiger partial charge in [0.25, 0.3) is 0 Å². The molecule has 0 saturated carbocycles. The molecule has 7 heteroatoms. The zero-order valence-corrected chi connectivity index (χ0v) is 7.76. The molecule has 70 valence electrons. The predicted molar refractivity (Wildman–Crippen MR) is 47.5 cm³/mol. The summed E-state index contributed by atoms with van der Waals surface area (Å²) in [4.78, 5) is 0. The summed E-state index contributed by atoms with van der Waals surface area (Å²) in [5.41, 5.74) is 0. The van der Waals surface area contributed by atoms with Gasteiger partial charge in [0.05, 0.1) is 21.1 Å². The molecule has 0 fully saturated rings. The van der Waals surface area contributed by atoms with Crippen molar-refractivity contribution >= 4 is 40.0 Å². The van der Waals surface area contributed by atoms with Gasteiger partial charge in [-0.25, -0.2) is 4.18 Å². The molecular formula is C5H15NNaO4S+. The van der Waals surface area contributed by atoms with Crippen LogP contribution < -0.4 is 0 Å². The van der Waals surface area contributed by atoms with Gasteiger partial charge < -0.3 is 4.48 Å². The molecule has 0 spiro atoms. The van der Waals surface area contributed by atoms with Crippen LogP contribution in [0.4, 0.5) is 0 Å². The fourth-order valence-electron chi connectivity index (χ4n) is 0.416. The molecule has 0 atom stereocenters. The summed E-state index contributed by atoms with van der Waals surface area (Å²) >= 11 is 0. The fraction of sp³-hybridized carbons (Fsp3) is 1.00. The normalized spacial score (nSPS) is 12.3. The molecule has 0 rings (SSSR count). The molecule has 12 heavy (non-hydrogen) atoms. The van der Waals surface area contributed by atoms with Gasteiger partial charge in [0.15, 0.2) is 0 Å². The number of rotatable bonds is 4. The zero-order chi connectivity index (χ0) is 9.12. The van der Waals surface area contributed by atoms with E-state index in [0.29, 0.717) is 11.0 Å². The summed E-state index contributed by atoms with van der Waals surface area (Å²) in [5.74, 6) is 0. The van der Waals surface area contributed by atoms with Crippen LogP contribution in [0, 0.1) is 0 Å². The molecule has 0 aromatic carbocycles. The first-order valence-corrected chi connectivity index (χ1v) is 4.49. The minimum absolute atomic E-state index is 0. The van der Waals surface area contributed by atoms with Crippen molar-refractivity contribution in [1.82, 2.24) is 0 Å². The van der Waals surface area contributed by atoms with Crippen molar-refractivity contribution in [2.75, 3.05) is 34.3 Å². The fourth-order valence-corrected chi connectivity index (χ4v) is 0.702. The van der Waals surface area contributed by atoms with Gasteiger partial charge in [-0.05, 0) is 0 Å². The third-order valence-corrected chi connectivity index (χ3v) is 1.46. The number of hydrogen-bond donors (Lipinski definition) is 1. The van der Waals surface area contributed by atoms with Crippen molar-refractivity contribution in [3.8, 4) is 0 Å². The molecule has 0 aromatic heterocycles. The van der Waals surface area contributed by atoms with Crippen molar-refractivity contribution in [3.05, 3.63) is 0 Å². The Morgan fingerprint density at radius 1 is 1.33 bits per heavy atom. The van der Waals surface area contributed by atoms with E-state index in [4.69, 9.17) is 4.55 Å². The Kier molecular flexibility index (Phi) is 7.06. The van der Waals surface area contributed by atoms with E-state index >= 15 is 0 Å². The van der Waals surface area contributed by atoms with Crippen LogP contribution in [0.3, 0.4) is 0 Å². The van der Waals surface area contributed by atoms with Gasteiger partial charge >= 0.3 is 40.0 Å². The SMILES string of the molecule is C[N+](C)(C)CCOS(=O)(=O)O.[NaH]. The van der Waals surface area contributed by atoms with E-state index in [1.807, 2.05) is 21.1 Å². The van der Waals surface area contributed by atoms with E-state index in [-0.39, 0.29) is 36.2 Å². The van der Waals surface area contributed by atoms with Gasteiger partial charge in [0.2, 0.25) is 0 Å². The number of likely N-dealkylation sites (N-methyl/N-ethyl adjacent to an activating group) is 1. The topological polar surface area (TPSA) is 63.6 Å². The average molecular weight is 208 g/mol. The Bertz CT molecular complexity index is 208. The monoisotopic (exact) mass is 208 g/mol. The molecule has 0 bridgehead atoms. The standard InChI is InChI=1S/C5H13NO4S.Na.H/c1-6(2,3)4-5-10-11(7,8)9;;/h4-5H2,1-3H3;;/p+1. The molecule has 0 radical (unpaired) electrons. The summed E-state index contributed by atoms with van der Waals surface area (Å²) in [7, 11) is 1.43. The molecule has 0 unspecified atom stereocenters. The van der Waals surface area contributed by atoms with Crippen molar-refractivity contribution in [2.24, 2.45) is 0 Å². The Labute approximate surface area is 95.5 Å². The molecule has 5 nitrogen and oxygen atoms in total. The molecule has 1 N–H and O–H groups in total. The molecule has 0 aromatic rings. The van der Waals surface area contributed by atoms with Crippen LogP contribution in [0.1, 0.15) is 0 Å². The van der Waals surface area contributed by atoms with Gasteiger partial charge in [0.1, 0.15) is 13.2 Å². The van der Waals surface area contributed by atoms with Crippen LogP contribution in [0.2, 0.25) is 0 Å². The Morgan fingerprint density at radius 2 is 1.75 bits per heavy atom. The zero-order valence-electron chi connectivity index (χ0n) is 6.94. The van der Waals surface area contributed by atoms with Gasteiger partial charge in [-0.1, -0.05) is 0 Å². The second-order valence-corrected chi connectivity index (χ2v) is 4.35. The Hall–Kier alpha value is 0.830. The van der Waals surface area contributed by atoms with Gasteiger partial charge in [-0.3, -0.25) is 4.55 Å². The minimum atomic E-state index is -4.26. The van der Waals surface area contributed by atoms with E-state index in [0.717, 1.165) is 0 Å². The summed E-state index contributed by atoms with van der Waals surface area (Å²) in [5, 5.41) is 0. The van der Waals surface area contributed by atoms with Gasteiger partial charge in [-0.2, -0.15) is 8.42 Å². The van der Waals surface area contributed by atoms with Gasteiger partial charge in [-0.15, -0.1) is 0 Å². The number of quaternary nitrogens is 1. The average Bonchev–Trinajstić information content (AvgIpc) is 1.55. The first-order chi connectivity index (χ1) is 4.71. The van der Waals surface area contributed by atoms with Crippen molar-refractivity contribution in [2.45, 2.75) is 0 Å². The Morgan fingerprint density at radius 3 is 2.00 bits per heavy atom. The molecule has 0 amide bonds. The first-order valence-electron chi connectivity index (χ1n) is 3.13. The van der Waals surface area contributed by atoms with Crippen LogP contribution in [0.15, 0.2) is 0 Å². The second-order valence-electron chi connectivity index (χ2n) is 3.26. The maximum atomic E-state index is 10.0. The molecule has 0 heterocycles. The molecule has 0 aliphatic rings. The van der Waals surface area contributed by atoms with E-state index in [1.54, 1.807) is 0 Å². The van der Waals surface area contributed by atoms with E-state index in [9.17, 15) is 8.42 Å². The van der Waals surface area contributed by atoms with Crippen molar-refractivity contribution in [3.63, 3.8) is 0 Å². The van der Waals surface area contributed by atoms with Crippen molar-refractivity contribution < 1.29 is 21.6 Å². The molecule has 0 saturated heterocycles. The Balaban J connectivity index is 0. The number of hydrogen-bond acceptors (Lipinski definition) is 3. The maximum absolute atomic E-state index is 10.0. The van der Waals surface area contributed by atoms with Crippen molar-refractivity contribution in [1.29, 1.82) is 0 Å². The van der Waals surface area contributed by atoms with Crippen LogP contribution in [-0.4, -0.2) is 81.3 Å². The van der Waals surface area contributed by atoms with E-state index in [2.05, 4.69) is 4.18 Å². The van der Waals surface area contributed by atoms with Crippen LogP contribution >= 0.6 is 0 Å². The summed E-state index contributed by atoms with van der Waals surface area (Å²) in [6, 6.07) is 0. The van der Waals surface area contributed by atoms with Crippen LogP contribution in [-0.2, 0) is 14.6 Å². The molecule has 0 aliphatic carbocycles. The first kappa shape index (κ1) is 15.3. The predicted octanol–water partition coefficient (Wildman–Crippen LogP) is -1.14. The molecule has 0 aliphatic heterocycles. The second kappa shape index (κ2) is 5.54. The van der Waals surface area contributed by atoms with Crippen LogP contribution in [0.5, 0.6) is 0 Å². The summed E-state index contributed by atoms with van der Waals surface area (Å²) in [6.07, 6.45) is 0. The third kappa shape index (κ3) is 13.4.